The molecule has 0 amide bonds. The molecule has 0 unspecified atom stereocenters. The first-order chi connectivity index (χ1) is 18.0. The van der Waals surface area contributed by atoms with Gasteiger partial charge in [0.05, 0.1) is 6.54 Å². The highest BCUT2D eigenvalue weighted by molar-refractivity contribution is 5.80. The summed E-state index contributed by atoms with van der Waals surface area (Å²) in [6.45, 7) is 4.41. The highest BCUT2D eigenvalue weighted by Crippen LogP contribution is 2.30. The molecule has 5 aromatic rings. The summed E-state index contributed by atoms with van der Waals surface area (Å²) in [5, 5.41) is 3.84. The molecule has 0 aliphatic rings. The molecule has 8 nitrogen and oxygen atoms in total. The van der Waals surface area contributed by atoms with Gasteiger partial charge in [-0.25, -0.2) is 9.78 Å². The predicted molar refractivity (Wildman–Crippen MR) is 141 cm³/mol. The first-order valence-electron chi connectivity index (χ1n) is 12.3. The molecule has 8 heteroatoms. The van der Waals surface area contributed by atoms with E-state index in [2.05, 4.69) is 26.6 Å². The summed E-state index contributed by atoms with van der Waals surface area (Å²) in [5.74, 6) is 0.577. The van der Waals surface area contributed by atoms with E-state index in [0.29, 0.717) is 24.4 Å². The second-order valence-electron chi connectivity index (χ2n) is 8.92. The molecule has 3 aromatic heterocycles. The quantitative estimate of drug-likeness (QED) is 0.340. The van der Waals surface area contributed by atoms with Crippen molar-refractivity contribution in [3.63, 3.8) is 0 Å². The van der Waals surface area contributed by atoms with Crippen LogP contribution in [0.4, 0.5) is 0 Å². The van der Waals surface area contributed by atoms with E-state index in [1.807, 2.05) is 73.7 Å². The van der Waals surface area contributed by atoms with E-state index in [1.165, 1.54) is 0 Å². The van der Waals surface area contributed by atoms with Gasteiger partial charge in [-0.15, -0.1) is 0 Å². The van der Waals surface area contributed by atoms with Crippen LogP contribution < -0.4 is 11.3 Å². The number of hydrogen-bond acceptors (Lipinski definition) is 6. The van der Waals surface area contributed by atoms with E-state index in [9.17, 15) is 9.59 Å². The van der Waals surface area contributed by atoms with Crippen LogP contribution in [0.5, 0.6) is 0 Å². The second kappa shape index (κ2) is 10.6. The zero-order chi connectivity index (χ0) is 25.8. The SMILES string of the molecule is CCCc1nc(C)c(Cc2ccccn2)c(=O)n1Cc1ccc(-c2ccccc2-c2noc(=O)[nH]2)cc1. The van der Waals surface area contributed by atoms with Crippen LogP contribution in [0.15, 0.2) is 87.0 Å². The van der Waals surface area contributed by atoms with Crippen LogP contribution in [0.2, 0.25) is 0 Å². The van der Waals surface area contributed by atoms with Gasteiger partial charge in [-0.2, -0.15) is 0 Å². The zero-order valence-electron chi connectivity index (χ0n) is 20.8. The van der Waals surface area contributed by atoms with Crippen LogP contribution in [0.1, 0.15) is 41.7 Å². The van der Waals surface area contributed by atoms with Gasteiger partial charge in [0.2, 0.25) is 0 Å². The molecule has 2 aromatic carbocycles. The Balaban J connectivity index is 1.48. The summed E-state index contributed by atoms with van der Waals surface area (Å²) in [5.41, 5.74) is 5.88. The van der Waals surface area contributed by atoms with Gasteiger partial charge in [-0.3, -0.25) is 23.9 Å². The molecule has 5 rings (SSSR count). The molecule has 1 N–H and O–H groups in total. The number of H-pyrrole nitrogens is 1. The normalized spacial score (nSPS) is 11.1. The molecule has 0 bridgehead atoms. The van der Waals surface area contributed by atoms with Crippen molar-refractivity contribution >= 4 is 0 Å². The van der Waals surface area contributed by atoms with Gasteiger partial charge >= 0.3 is 5.76 Å². The number of aromatic amines is 1. The lowest BCUT2D eigenvalue weighted by Gasteiger charge is -2.16. The van der Waals surface area contributed by atoms with Crippen LogP contribution in [0, 0.1) is 6.92 Å². The van der Waals surface area contributed by atoms with Gasteiger partial charge in [0.25, 0.3) is 5.56 Å². The van der Waals surface area contributed by atoms with Crippen LogP contribution >= 0.6 is 0 Å². The maximum absolute atomic E-state index is 13.6. The van der Waals surface area contributed by atoms with Gasteiger partial charge in [-0.05, 0) is 42.2 Å². The average molecular weight is 494 g/mol. The topological polar surface area (TPSA) is 107 Å². The standard InChI is InChI=1S/C29H27N5O3/c1-3-8-26-31-19(2)25(17-22-9-6-7-16-30-22)28(35)34(26)18-20-12-14-21(15-13-20)23-10-4-5-11-24(23)27-32-29(36)37-33-27/h4-7,9-16H,3,8,17-18H2,1-2H3,(H,32,33,36). The van der Waals surface area contributed by atoms with Crippen LogP contribution in [0.25, 0.3) is 22.5 Å². The van der Waals surface area contributed by atoms with Crippen LogP contribution in [-0.2, 0) is 19.4 Å². The Bertz CT molecular complexity index is 1630. The maximum atomic E-state index is 13.6. The summed E-state index contributed by atoms with van der Waals surface area (Å²) >= 11 is 0. The fraction of sp³-hybridized carbons (Fsp3) is 0.207. The summed E-state index contributed by atoms with van der Waals surface area (Å²) in [4.78, 5) is 36.9. The summed E-state index contributed by atoms with van der Waals surface area (Å²) in [7, 11) is 0. The number of aromatic nitrogens is 5. The molecule has 0 saturated carbocycles. The third-order valence-electron chi connectivity index (χ3n) is 6.33. The van der Waals surface area contributed by atoms with Crippen molar-refractivity contribution in [1.29, 1.82) is 0 Å². The fourth-order valence-electron chi connectivity index (χ4n) is 4.48. The number of rotatable bonds is 8. The van der Waals surface area contributed by atoms with Crippen molar-refractivity contribution in [3.8, 4) is 22.5 Å². The van der Waals surface area contributed by atoms with Gasteiger partial charge < -0.3 is 0 Å². The minimum Gasteiger partial charge on any atom is -0.296 e. The first kappa shape index (κ1) is 24.1. The lowest BCUT2D eigenvalue weighted by atomic mass is 9.98. The highest BCUT2D eigenvalue weighted by atomic mass is 16.5. The molecule has 37 heavy (non-hydrogen) atoms. The fourth-order valence-corrected chi connectivity index (χ4v) is 4.48. The van der Waals surface area contributed by atoms with Crippen molar-refractivity contribution in [2.75, 3.05) is 0 Å². The Morgan fingerprint density at radius 3 is 2.38 bits per heavy atom. The number of benzene rings is 2. The number of nitrogens with one attached hydrogen (secondary N) is 1. The Morgan fingerprint density at radius 2 is 1.70 bits per heavy atom. The maximum Gasteiger partial charge on any atom is 0.439 e. The summed E-state index contributed by atoms with van der Waals surface area (Å²) in [6, 6.07) is 21.4. The average Bonchev–Trinajstić information content (AvgIpc) is 3.36. The summed E-state index contributed by atoms with van der Waals surface area (Å²) in [6.07, 6.45) is 3.81. The van der Waals surface area contributed by atoms with E-state index < -0.39 is 5.76 Å². The Kier molecular flexibility index (Phi) is 6.89. The largest absolute Gasteiger partial charge is 0.439 e. The molecule has 0 aliphatic heterocycles. The lowest BCUT2D eigenvalue weighted by Crippen LogP contribution is -2.30. The predicted octanol–water partition coefficient (Wildman–Crippen LogP) is 4.55. The summed E-state index contributed by atoms with van der Waals surface area (Å²) < 4.78 is 6.48. The smallest absolute Gasteiger partial charge is 0.296 e. The van der Waals surface area contributed by atoms with Crippen LogP contribution in [-0.4, -0.2) is 24.7 Å². The Labute approximate surface area is 213 Å². The van der Waals surface area contributed by atoms with E-state index in [-0.39, 0.29) is 5.56 Å². The molecule has 0 saturated heterocycles. The van der Waals surface area contributed by atoms with Gasteiger partial charge in [0.15, 0.2) is 5.82 Å². The lowest BCUT2D eigenvalue weighted by molar-refractivity contribution is 0.388. The van der Waals surface area contributed by atoms with Crippen molar-refractivity contribution in [1.82, 2.24) is 24.7 Å². The van der Waals surface area contributed by atoms with Crippen LogP contribution in [0.3, 0.4) is 0 Å². The third-order valence-corrected chi connectivity index (χ3v) is 6.33. The Morgan fingerprint density at radius 1 is 0.946 bits per heavy atom. The molecule has 0 fully saturated rings. The second-order valence-corrected chi connectivity index (χ2v) is 8.92. The first-order valence-corrected chi connectivity index (χ1v) is 12.3. The highest BCUT2D eigenvalue weighted by Gasteiger charge is 2.16. The molecule has 0 atom stereocenters. The zero-order valence-corrected chi connectivity index (χ0v) is 20.8. The van der Waals surface area contributed by atoms with Crippen molar-refractivity contribution in [2.45, 2.75) is 39.7 Å². The minimum atomic E-state index is -0.595. The molecular weight excluding hydrogens is 466 g/mol. The monoisotopic (exact) mass is 493 g/mol. The molecule has 0 aliphatic carbocycles. The van der Waals surface area contributed by atoms with E-state index in [4.69, 9.17) is 4.98 Å². The number of nitrogens with zero attached hydrogens (tertiary/aromatic N) is 4. The molecule has 0 radical (unpaired) electrons. The van der Waals surface area contributed by atoms with Gasteiger partial charge in [0, 0.05) is 41.6 Å². The Hall–Kier alpha value is -4.59. The van der Waals surface area contributed by atoms with E-state index in [1.54, 1.807) is 10.8 Å². The molecular formula is C29H27N5O3. The third kappa shape index (κ3) is 5.18. The van der Waals surface area contributed by atoms with Crippen molar-refractivity contribution in [3.05, 3.63) is 122 Å². The van der Waals surface area contributed by atoms with Gasteiger partial charge in [0.1, 0.15) is 5.82 Å². The number of hydrogen-bond donors (Lipinski definition) is 1. The minimum absolute atomic E-state index is 0.0222. The molecule has 3 heterocycles. The number of aryl methyl sites for hydroxylation is 2. The van der Waals surface area contributed by atoms with Gasteiger partial charge in [-0.1, -0.05) is 66.7 Å². The van der Waals surface area contributed by atoms with Crippen molar-refractivity contribution in [2.24, 2.45) is 0 Å². The molecule has 186 valence electrons. The van der Waals surface area contributed by atoms with E-state index >= 15 is 0 Å². The molecule has 0 spiro atoms. The number of pyridine rings is 1. The van der Waals surface area contributed by atoms with Crippen molar-refractivity contribution < 1.29 is 4.52 Å². The van der Waals surface area contributed by atoms with E-state index in [0.717, 1.165) is 52.3 Å².